The quantitative estimate of drug-likeness (QED) is 0.752. The first kappa shape index (κ1) is 14.0. The predicted octanol–water partition coefficient (Wildman–Crippen LogP) is 1.22. The summed E-state index contributed by atoms with van der Waals surface area (Å²) in [6.45, 7) is 4.29. The number of rotatable bonds is 6. The van der Waals surface area contributed by atoms with Gasteiger partial charge in [-0.2, -0.15) is 5.10 Å². The summed E-state index contributed by atoms with van der Waals surface area (Å²) in [7, 11) is 0. The molecule has 0 radical (unpaired) electrons. The fourth-order valence-electron chi connectivity index (χ4n) is 1.50. The number of aromatic nitrogens is 2. The summed E-state index contributed by atoms with van der Waals surface area (Å²) in [6.07, 6.45) is 4.09. The molecule has 1 aromatic rings. The average molecular weight is 259 g/mol. The summed E-state index contributed by atoms with van der Waals surface area (Å²) < 4.78 is 1.80. The van der Waals surface area contributed by atoms with Gasteiger partial charge in [0.15, 0.2) is 0 Å². The zero-order valence-corrected chi connectivity index (χ0v) is 11.0. The molecule has 1 amide bonds. The number of hydrogen-bond acceptors (Lipinski definition) is 3. The van der Waals surface area contributed by atoms with E-state index in [4.69, 9.17) is 23.1 Å². The lowest BCUT2D eigenvalue weighted by atomic mass is 9.95. The van der Waals surface area contributed by atoms with Gasteiger partial charge in [0.05, 0.1) is 16.3 Å². The standard InChI is InChI=1S/C11H19ClN4O/c1-8-9(12)7-16(15-8)6-4-3-5-11(2,14)10(13)17/h7H,3-6,14H2,1-2H3,(H2,13,17). The van der Waals surface area contributed by atoms with Gasteiger partial charge in [-0.05, 0) is 33.1 Å². The summed E-state index contributed by atoms with van der Waals surface area (Å²) in [5, 5.41) is 4.91. The van der Waals surface area contributed by atoms with Gasteiger partial charge in [0.25, 0.3) is 0 Å². The minimum Gasteiger partial charge on any atom is -0.368 e. The Morgan fingerprint density at radius 1 is 1.59 bits per heavy atom. The smallest absolute Gasteiger partial charge is 0.237 e. The molecule has 4 N–H and O–H groups in total. The van der Waals surface area contributed by atoms with Crippen LogP contribution >= 0.6 is 11.6 Å². The Kier molecular flexibility index (Phi) is 4.54. The molecule has 0 bridgehead atoms. The van der Waals surface area contributed by atoms with Gasteiger partial charge in [-0.3, -0.25) is 9.48 Å². The highest BCUT2D eigenvalue weighted by molar-refractivity contribution is 6.31. The minimum atomic E-state index is -0.919. The van der Waals surface area contributed by atoms with Crippen LogP contribution in [0.4, 0.5) is 0 Å². The molecule has 96 valence electrons. The molecule has 0 spiro atoms. The molecule has 1 aromatic heterocycles. The van der Waals surface area contributed by atoms with Crippen molar-refractivity contribution in [1.29, 1.82) is 0 Å². The van der Waals surface area contributed by atoms with E-state index in [0.717, 1.165) is 25.1 Å². The molecule has 0 aliphatic carbocycles. The second kappa shape index (κ2) is 5.51. The van der Waals surface area contributed by atoms with Crippen molar-refractivity contribution in [3.05, 3.63) is 16.9 Å². The van der Waals surface area contributed by atoms with E-state index in [1.54, 1.807) is 17.8 Å². The Bertz CT molecular complexity index is 381. The number of carbonyl (C=O) groups excluding carboxylic acids is 1. The van der Waals surface area contributed by atoms with Crippen molar-refractivity contribution >= 4 is 17.5 Å². The lowest BCUT2D eigenvalue weighted by molar-refractivity contribution is -0.122. The lowest BCUT2D eigenvalue weighted by Crippen LogP contribution is -2.49. The van der Waals surface area contributed by atoms with E-state index < -0.39 is 11.4 Å². The van der Waals surface area contributed by atoms with E-state index in [2.05, 4.69) is 5.10 Å². The monoisotopic (exact) mass is 258 g/mol. The van der Waals surface area contributed by atoms with Crippen LogP contribution < -0.4 is 11.5 Å². The maximum absolute atomic E-state index is 11.0. The van der Waals surface area contributed by atoms with Crippen LogP contribution in [0.25, 0.3) is 0 Å². The Balaban J connectivity index is 2.32. The van der Waals surface area contributed by atoms with Crippen LogP contribution in [0.3, 0.4) is 0 Å². The van der Waals surface area contributed by atoms with Crippen molar-refractivity contribution < 1.29 is 4.79 Å². The second-order valence-electron chi connectivity index (χ2n) is 4.56. The first-order valence-electron chi connectivity index (χ1n) is 5.61. The highest BCUT2D eigenvalue weighted by atomic mass is 35.5. The molecule has 5 nitrogen and oxygen atoms in total. The molecule has 6 heteroatoms. The Hall–Kier alpha value is -1.07. The molecule has 0 saturated heterocycles. The van der Waals surface area contributed by atoms with Crippen LogP contribution in [0.5, 0.6) is 0 Å². The molecule has 17 heavy (non-hydrogen) atoms. The first-order chi connectivity index (χ1) is 7.83. The van der Waals surface area contributed by atoms with Gasteiger partial charge in [-0.25, -0.2) is 0 Å². The SMILES string of the molecule is Cc1nn(CCCCC(C)(N)C(N)=O)cc1Cl. The Morgan fingerprint density at radius 3 is 2.71 bits per heavy atom. The normalized spacial score (nSPS) is 14.6. The summed E-state index contributed by atoms with van der Waals surface area (Å²) in [5.74, 6) is -0.463. The number of nitrogens with zero attached hydrogens (tertiary/aromatic N) is 2. The van der Waals surface area contributed by atoms with Crippen molar-refractivity contribution in [2.24, 2.45) is 11.5 Å². The maximum atomic E-state index is 11.0. The number of amides is 1. The number of halogens is 1. The first-order valence-corrected chi connectivity index (χ1v) is 5.99. The van der Waals surface area contributed by atoms with E-state index in [1.165, 1.54) is 0 Å². The van der Waals surface area contributed by atoms with Crippen molar-refractivity contribution in [1.82, 2.24) is 9.78 Å². The van der Waals surface area contributed by atoms with Crippen LogP contribution in [-0.4, -0.2) is 21.2 Å². The van der Waals surface area contributed by atoms with Crippen LogP contribution in [0.2, 0.25) is 5.02 Å². The number of hydrogen-bond donors (Lipinski definition) is 2. The highest BCUT2D eigenvalue weighted by Crippen LogP contribution is 2.14. The largest absolute Gasteiger partial charge is 0.368 e. The van der Waals surface area contributed by atoms with E-state index in [9.17, 15) is 4.79 Å². The van der Waals surface area contributed by atoms with Crippen molar-refractivity contribution in [2.75, 3.05) is 0 Å². The average Bonchev–Trinajstić information content (AvgIpc) is 2.53. The van der Waals surface area contributed by atoms with Crippen molar-refractivity contribution in [2.45, 2.75) is 45.2 Å². The third-order valence-corrected chi connectivity index (χ3v) is 3.15. The molecule has 0 aliphatic rings. The van der Waals surface area contributed by atoms with Gasteiger partial charge < -0.3 is 11.5 Å². The molecule has 1 unspecified atom stereocenters. The van der Waals surface area contributed by atoms with Crippen LogP contribution in [0.1, 0.15) is 31.9 Å². The number of aryl methyl sites for hydroxylation is 2. The predicted molar refractivity (Wildman–Crippen MR) is 67.6 cm³/mol. The summed E-state index contributed by atoms with van der Waals surface area (Å²) in [4.78, 5) is 11.0. The molecule has 0 saturated carbocycles. The topological polar surface area (TPSA) is 86.9 Å². The molecule has 0 fully saturated rings. The molecule has 1 heterocycles. The minimum absolute atomic E-state index is 0.463. The zero-order valence-electron chi connectivity index (χ0n) is 10.2. The van der Waals surface area contributed by atoms with Crippen LogP contribution in [0.15, 0.2) is 6.20 Å². The van der Waals surface area contributed by atoms with Gasteiger partial charge in [-0.15, -0.1) is 0 Å². The van der Waals surface area contributed by atoms with Gasteiger partial charge in [0, 0.05) is 12.7 Å². The van der Waals surface area contributed by atoms with E-state index >= 15 is 0 Å². The van der Waals surface area contributed by atoms with Crippen LogP contribution in [-0.2, 0) is 11.3 Å². The van der Waals surface area contributed by atoms with Crippen molar-refractivity contribution in [3.63, 3.8) is 0 Å². The molecule has 1 atom stereocenters. The number of nitrogens with two attached hydrogens (primary N) is 2. The molecular weight excluding hydrogens is 240 g/mol. The van der Waals surface area contributed by atoms with E-state index in [1.807, 2.05) is 6.92 Å². The van der Waals surface area contributed by atoms with Gasteiger partial charge in [-0.1, -0.05) is 11.6 Å². The van der Waals surface area contributed by atoms with Gasteiger partial charge >= 0.3 is 0 Å². The molecule has 0 aromatic carbocycles. The molecular formula is C11H19ClN4O. The number of carbonyl (C=O) groups is 1. The third-order valence-electron chi connectivity index (χ3n) is 2.78. The third kappa shape index (κ3) is 4.02. The zero-order chi connectivity index (χ0) is 13.1. The van der Waals surface area contributed by atoms with Crippen molar-refractivity contribution in [3.8, 4) is 0 Å². The van der Waals surface area contributed by atoms with Gasteiger partial charge in [0.1, 0.15) is 0 Å². The van der Waals surface area contributed by atoms with Gasteiger partial charge in [0.2, 0.25) is 5.91 Å². The second-order valence-corrected chi connectivity index (χ2v) is 4.97. The van der Waals surface area contributed by atoms with E-state index in [0.29, 0.717) is 11.4 Å². The fraction of sp³-hybridized carbons (Fsp3) is 0.636. The fourth-order valence-corrected chi connectivity index (χ4v) is 1.65. The Morgan fingerprint density at radius 2 is 2.24 bits per heavy atom. The number of primary amides is 1. The van der Waals surface area contributed by atoms with Crippen LogP contribution in [0, 0.1) is 6.92 Å². The lowest BCUT2D eigenvalue weighted by Gasteiger charge is -2.19. The molecule has 1 rings (SSSR count). The van der Waals surface area contributed by atoms with E-state index in [-0.39, 0.29) is 0 Å². The Labute approximate surface area is 106 Å². The summed E-state index contributed by atoms with van der Waals surface area (Å²) in [5.41, 5.74) is 10.8. The molecule has 0 aliphatic heterocycles. The summed E-state index contributed by atoms with van der Waals surface area (Å²) in [6, 6.07) is 0. The maximum Gasteiger partial charge on any atom is 0.237 e. The summed E-state index contributed by atoms with van der Waals surface area (Å²) >= 11 is 5.89. The number of unbranched alkanes of at least 4 members (excludes halogenated alkanes) is 1. The highest BCUT2D eigenvalue weighted by Gasteiger charge is 2.24.